The van der Waals surface area contributed by atoms with Gasteiger partial charge in [0.05, 0.1) is 18.7 Å². The number of likely N-dealkylation sites (N-methyl/N-ethyl adjacent to an activating group) is 1. The van der Waals surface area contributed by atoms with Gasteiger partial charge in [0.15, 0.2) is 6.73 Å². The average molecular weight is 524 g/mol. The van der Waals surface area contributed by atoms with Gasteiger partial charge in [-0.15, -0.1) is 0 Å². The highest BCUT2D eigenvalue weighted by Crippen LogP contribution is 2.35. The second kappa shape index (κ2) is 12.1. The summed E-state index contributed by atoms with van der Waals surface area (Å²) < 4.78 is 12.5. The fourth-order valence-corrected chi connectivity index (χ4v) is 4.08. The maximum Gasteiger partial charge on any atom is 0.304 e. The molecule has 0 bridgehead atoms. The summed E-state index contributed by atoms with van der Waals surface area (Å²) in [5.74, 6) is -0.0644. The molecular weight excluding hydrogens is 494 g/mol. The Bertz CT molecular complexity index is 1600. The summed E-state index contributed by atoms with van der Waals surface area (Å²) in [6.45, 7) is 2.01. The first-order valence-corrected chi connectivity index (χ1v) is 12.2. The van der Waals surface area contributed by atoms with E-state index in [-0.39, 0.29) is 12.6 Å². The van der Waals surface area contributed by atoms with Crippen molar-refractivity contribution < 1.29 is 19.1 Å². The Kier molecular flexibility index (Phi) is 8.39. The Labute approximate surface area is 226 Å². The third-order valence-electron chi connectivity index (χ3n) is 5.91. The molecule has 0 atom stereocenters. The molecule has 0 saturated carbocycles. The molecule has 0 aliphatic carbocycles. The van der Waals surface area contributed by atoms with E-state index < -0.39 is 5.97 Å². The van der Waals surface area contributed by atoms with Crippen LogP contribution < -0.4 is 10.1 Å². The van der Waals surface area contributed by atoms with Crippen LogP contribution in [0.2, 0.25) is 0 Å². The molecule has 2 heterocycles. The summed E-state index contributed by atoms with van der Waals surface area (Å²) in [7, 11) is 5.42. The maximum absolute atomic E-state index is 12.5. The Morgan fingerprint density at radius 2 is 1.95 bits per heavy atom. The van der Waals surface area contributed by atoms with Crippen molar-refractivity contribution in [1.82, 2.24) is 14.5 Å². The maximum atomic E-state index is 12.5. The topological polar surface area (TPSA) is 109 Å². The van der Waals surface area contributed by atoms with Crippen LogP contribution in [-0.2, 0) is 21.1 Å². The first-order valence-electron chi connectivity index (χ1n) is 12.2. The second-order valence-electron chi connectivity index (χ2n) is 9.17. The number of fused-ring (bicyclic) bond motifs is 1. The summed E-state index contributed by atoms with van der Waals surface area (Å²) in [6.07, 6.45) is 6.87. The van der Waals surface area contributed by atoms with E-state index in [1.165, 1.54) is 13.0 Å². The van der Waals surface area contributed by atoms with Crippen LogP contribution in [0.4, 0.5) is 5.69 Å². The Morgan fingerprint density at radius 1 is 1.13 bits per heavy atom. The number of esters is 1. The molecule has 0 unspecified atom stereocenters. The van der Waals surface area contributed by atoms with E-state index >= 15 is 0 Å². The van der Waals surface area contributed by atoms with Crippen LogP contribution in [0.5, 0.6) is 5.75 Å². The van der Waals surface area contributed by atoms with Gasteiger partial charge in [-0.05, 0) is 55.6 Å². The molecule has 0 aliphatic heterocycles. The molecule has 4 rings (SSSR count). The van der Waals surface area contributed by atoms with E-state index in [4.69, 9.17) is 9.47 Å². The standard InChI is InChI=1S/C30H29N5O4/c1-20(36)39-19-35-18-28(22-8-5-7-21(11-22)16-31)27-14-24(17-32-30(27)35)23-12-25(15-26(13-23)38-4)33-29(37)9-6-10-34(2)3/h5-9,11-15,17-18H,10,19H2,1-4H3,(H,33,37)/b9-6+. The number of methoxy groups -OCH3 is 1. The van der Waals surface area contributed by atoms with Gasteiger partial charge in [-0.1, -0.05) is 18.2 Å². The molecule has 9 nitrogen and oxygen atoms in total. The number of nitrogens with one attached hydrogen (secondary N) is 1. The lowest BCUT2D eigenvalue weighted by Gasteiger charge is -2.11. The zero-order valence-corrected chi connectivity index (χ0v) is 22.3. The SMILES string of the molecule is COc1cc(NC(=O)/C=C/CN(C)C)cc(-c2cnc3c(c2)c(-c2cccc(C#N)c2)cn3COC(C)=O)c1. The Balaban J connectivity index is 1.77. The van der Waals surface area contributed by atoms with Crippen molar-refractivity contribution in [1.29, 1.82) is 5.26 Å². The molecule has 0 saturated heterocycles. The van der Waals surface area contributed by atoms with Crippen LogP contribution in [-0.4, -0.2) is 54.1 Å². The predicted molar refractivity (Wildman–Crippen MR) is 150 cm³/mol. The number of carbonyl (C=O) groups excluding carboxylic acids is 2. The van der Waals surface area contributed by atoms with Crippen molar-refractivity contribution >= 4 is 28.6 Å². The number of rotatable bonds is 9. The molecule has 2 aromatic heterocycles. The quantitative estimate of drug-likeness (QED) is 0.247. The number of nitrogens with zero attached hydrogens (tertiary/aromatic N) is 4. The number of benzene rings is 2. The van der Waals surface area contributed by atoms with Gasteiger partial charge in [-0.25, -0.2) is 4.98 Å². The molecule has 0 aliphatic rings. The number of ether oxygens (including phenoxy) is 2. The largest absolute Gasteiger partial charge is 0.497 e. The fourth-order valence-electron chi connectivity index (χ4n) is 4.08. The van der Waals surface area contributed by atoms with Gasteiger partial charge in [0.2, 0.25) is 5.91 Å². The van der Waals surface area contributed by atoms with E-state index in [1.54, 1.807) is 42.1 Å². The van der Waals surface area contributed by atoms with Crippen LogP contribution >= 0.6 is 0 Å². The summed E-state index contributed by atoms with van der Waals surface area (Å²) in [5.41, 5.74) is 5.00. The molecule has 1 N–H and O–H groups in total. The van der Waals surface area contributed by atoms with Crippen molar-refractivity contribution in [3.63, 3.8) is 0 Å². The van der Waals surface area contributed by atoms with E-state index in [0.29, 0.717) is 29.2 Å². The number of amides is 1. The van der Waals surface area contributed by atoms with Gasteiger partial charge in [0, 0.05) is 60.2 Å². The number of anilines is 1. The van der Waals surface area contributed by atoms with Crippen molar-refractivity contribution in [2.75, 3.05) is 33.1 Å². The molecule has 198 valence electrons. The Hall–Kier alpha value is -4.94. The summed E-state index contributed by atoms with van der Waals surface area (Å²) >= 11 is 0. The van der Waals surface area contributed by atoms with E-state index in [1.807, 2.05) is 55.5 Å². The molecule has 1 amide bonds. The van der Waals surface area contributed by atoms with Crippen molar-refractivity contribution in [2.45, 2.75) is 13.7 Å². The zero-order chi connectivity index (χ0) is 27.9. The van der Waals surface area contributed by atoms with Crippen LogP contribution in [0.3, 0.4) is 0 Å². The first kappa shape index (κ1) is 27.1. The van der Waals surface area contributed by atoms with Gasteiger partial charge in [0.25, 0.3) is 0 Å². The third-order valence-corrected chi connectivity index (χ3v) is 5.91. The molecule has 4 aromatic rings. The summed E-state index contributed by atoms with van der Waals surface area (Å²) in [6, 6.07) is 16.9. The second-order valence-corrected chi connectivity index (χ2v) is 9.17. The molecular formula is C30H29N5O4. The van der Waals surface area contributed by atoms with Gasteiger partial charge in [-0.2, -0.15) is 5.26 Å². The number of pyridine rings is 1. The van der Waals surface area contributed by atoms with Crippen LogP contribution in [0.25, 0.3) is 33.3 Å². The zero-order valence-electron chi connectivity index (χ0n) is 22.3. The molecule has 9 heteroatoms. The smallest absolute Gasteiger partial charge is 0.304 e. The summed E-state index contributed by atoms with van der Waals surface area (Å²) in [4.78, 5) is 30.6. The highest BCUT2D eigenvalue weighted by molar-refractivity contribution is 6.00. The monoisotopic (exact) mass is 523 g/mol. The lowest BCUT2D eigenvalue weighted by molar-refractivity contribution is -0.144. The van der Waals surface area contributed by atoms with Crippen molar-refractivity contribution in [2.24, 2.45) is 0 Å². The number of hydrogen-bond acceptors (Lipinski definition) is 7. The molecule has 0 fully saturated rings. The number of aromatic nitrogens is 2. The highest BCUT2D eigenvalue weighted by atomic mass is 16.5. The molecule has 2 aromatic carbocycles. The van der Waals surface area contributed by atoms with Crippen LogP contribution in [0.15, 0.2) is 73.1 Å². The van der Waals surface area contributed by atoms with Crippen molar-refractivity contribution in [3.05, 3.63) is 78.6 Å². The minimum Gasteiger partial charge on any atom is -0.497 e. The normalized spacial score (nSPS) is 11.1. The van der Waals surface area contributed by atoms with Gasteiger partial charge < -0.3 is 19.7 Å². The predicted octanol–water partition coefficient (Wildman–Crippen LogP) is 4.83. The first-order chi connectivity index (χ1) is 18.8. The van der Waals surface area contributed by atoms with Gasteiger partial charge in [-0.3, -0.25) is 14.2 Å². The molecule has 39 heavy (non-hydrogen) atoms. The average Bonchev–Trinajstić information content (AvgIpc) is 3.29. The fraction of sp³-hybridized carbons (Fsp3) is 0.200. The number of carbonyl (C=O) groups is 2. The lowest BCUT2D eigenvalue weighted by Crippen LogP contribution is -2.13. The Morgan fingerprint density at radius 3 is 2.67 bits per heavy atom. The highest BCUT2D eigenvalue weighted by Gasteiger charge is 2.15. The molecule has 0 spiro atoms. The van der Waals surface area contributed by atoms with Crippen LogP contribution in [0, 0.1) is 11.3 Å². The molecule has 0 radical (unpaired) electrons. The van der Waals surface area contributed by atoms with E-state index in [9.17, 15) is 14.9 Å². The number of hydrogen-bond donors (Lipinski definition) is 1. The third kappa shape index (κ3) is 6.69. The lowest BCUT2D eigenvalue weighted by atomic mass is 10.0. The number of nitriles is 1. The van der Waals surface area contributed by atoms with Gasteiger partial charge in [0.1, 0.15) is 11.4 Å². The van der Waals surface area contributed by atoms with Gasteiger partial charge >= 0.3 is 5.97 Å². The van der Waals surface area contributed by atoms with E-state index in [0.717, 1.165) is 27.6 Å². The van der Waals surface area contributed by atoms with E-state index in [2.05, 4.69) is 16.4 Å². The summed E-state index contributed by atoms with van der Waals surface area (Å²) in [5, 5.41) is 13.1. The van der Waals surface area contributed by atoms with Crippen molar-refractivity contribution in [3.8, 4) is 34.1 Å². The minimum atomic E-state index is -0.399. The van der Waals surface area contributed by atoms with Crippen LogP contribution in [0.1, 0.15) is 12.5 Å². The minimum absolute atomic E-state index is 0.00675.